The van der Waals surface area contributed by atoms with Crippen molar-refractivity contribution < 1.29 is 24.2 Å². The number of thiazole rings is 1. The van der Waals surface area contributed by atoms with Gasteiger partial charge >= 0.3 is 11.3 Å². The summed E-state index contributed by atoms with van der Waals surface area (Å²) in [5.74, 6) is -0.916. The zero-order valence-electron chi connectivity index (χ0n) is 17.2. The Morgan fingerprint density at radius 1 is 0.970 bits per heavy atom. The van der Waals surface area contributed by atoms with Crippen LogP contribution in [0.3, 0.4) is 0 Å². The van der Waals surface area contributed by atoms with E-state index in [-0.39, 0.29) is 33.9 Å². The first-order chi connectivity index (χ1) is 15.7. The minimum absolute atomic E-state index is 0.0750. The van der Waals surface area contributed by atoms with E-state index in [1.165, 1.54) is 28.9 Å². The van der Waals surface area contributed by atoms with E-state index in [0.29, 0.717) is 21.9 Å². The van der Waals surface area contributed by atoms with Crippen LogP contribution in [-0.4, -0.2) is 30.1 Å². The largest absolute Gasteiger partial charge is 0.507 e. The van der Waals surface area contributed by atoms with Gasteiger partial charge in [-0.1, -0.05) is 0 Å². The number of rotatable bonds is 3. The van der Waals surface area contributed by atoms with Crippen LogP contribution in [0.15, 0.2) is 54.1 Å². The number of benzene rings is 1. The van der Waals surface area contributed by atoms with E-state index in [4.69, 9.17) is 8.83 Å². The lowest BCUT2D eigenvalue weighted by atomic mass is 10.1. The minimum atomic E-state index is -0.752. The second kappa shape index (κ2) is 7.35. The van der Waals surface area contributed by atoms with Crippen molar-refractivity contribution in [3.63, 3.8) is 0 Å². The molecule has 0 fully saturated rings. The highest BCUT2D eigenvalue weighted by Gasteiger charge is 2.21. The summed E-state index contributed by atoms with van der Waals surface area (Å²) < 4.78 is 11.8. The molecule has 0 aliphatic heterocycles. The first kappa shape index (κ1) is 20.5. The Bertz CT molecular complexity index is 1680. The van der Waals surface area contributed by atoms with Gasteiger partial charge in [0.05, 0.1) is 22.6 Å². The molecule has 4 heterocycles. The van der Waals surface area contributed by atoms with E-state index in [0.717, 1.165) is 11.3 Å². The maximum atomic E-state index is 12.7. The molecule has 166 valence electrons. The zero-order chi connectivity index (χ0) is 23.4. The normalized spacial score (nSPS) is 11.3. The Kier molecular flexibility index (Phi) is 4.57. The van der Waals surface area contributed by atoms with Crippen molar-refractivity contribution in [3.05, 3.63) is 68.0 Å². The standard InChI is InChI=1S/C22H15N3O7S/c1-9-5-14(12-7-11-3-4-15(26)18(28)19(11)32-20(12)29)25(24-9)22-23-13(8-33-22)17-16(27)6-10(2)31-21(17)30/h3-8,26-28H,1-2H3. The number of phenolic OH excluding ortho intramolecular Hbond substituents is 2. The summed E-state index contributed by atoms with van der Waals surface area (Å²) in [5, 5.41) is 36.6. The predicted molar refractivity (Wildman–Crippen MR) is 119 cm³/mol. The fourth-order valence-corrected chi connectivity index (χ4v) is 4.26. The van der Waals surface area contributed by atoms with Crippen LogP contribution >= 0.6 is 11.3 Å². The summed E-state index contributed by atoms with van der Waals surface area (Å²) in [5.41, 5.74) is -0.366. The minimum Gasteiger partial charge on any atom is -0.507 e. The zero-order valence-corrected chi connectivity index (χ0v) is 18.0. The van der Waals surface area contributed by atoms with Crippen LogP contribution in [0.2, 0.25) is 0 Å². The van der Waals surface area contributed by atoms with E-state index in [2.05, 4.69) is 10.1 Å². The first-order valence-corrected chi connectivity index (χ1v) is 10.5. The average Bonchev–Trinajstić information content (AvgIpc) is 3.37. The monoisotopic (exact) mass is 465 g/mol. The molecule has 5 aromatic rings. The van der Waals surface area contributed by atoms with Crippen molar-refractivity contribution in [2.45, 2.75) is 13.8 Å². The third kappa shape index (κ3) is 3.34. The summed E-state index contributed by atoms with van der Waals surface area (Å²) in [7, 11) is 0. The third-order valence-corrected chi connectivity index (χ3v) is 5.76. The van der Waals surface area contributed by atoms with Gasteiger partial charge in [0.25, 0.3) is 0 Å². The van der Waals surface area contributed by atoms with Crippen molar-refractivity contribution in [3.8, 4) is 44.9 Å². The number of fused-ring (bicyclic) bond motifs is 1. The number of hydrogen-bond acceptors (Lipinski definition) is 10. The van der Waals surface area contributed by atoms with Gasteiger partial charge in [0, 0.05) is 16.8 Å². The van der Waals surface area contributed by atoms with Crippen molar-refractivity contribution >= 4 is 22.3 Å². The maximum absolute atomic E-state index is 12.7. The van der Waals surface area contributed by atoms with Crippen molar-refractivity contribution in [2.24, 2.45) is 0 Å². The molecule has 33 heavy (non-hydrogen) atoms. The Morgan fingerprint density at radius 3 is 2.52 bits per heavy atom. The molecule has 0 aliphatic rings. The molecule has 11 heteroatoms. The lowest BCUT2D eigenvalue weighted by Crippen LogP contribution is -2.08. The molecule has 4 aromatic heterocycles. The number of hydrogen-bond donors (Lipinski definition) is 3. The smallest absolute Gasteiger partial charge is 0.349 e. The van der Waals surface area contributed by atoms with Gasteiger partial charge in [-0.3, -0.25) is 0 Å². The summed E-state index contributed by atoms with van der Waals surface area (Å²) in [6.07, 6.45) is 0. The highest BCUT2D eigenvalue weighted by atomic mass is 32.1. The maximum Gasteiger partial charge on any atom is 0.349 e. The van der Waals surface area contributed by atoms with Crippen LogP contribution in [0.1, 0.15) is 11.5 Å². The van der Waals surface area contributed by atoms with E-state index in [1.807, 2.05) is 0 Å². The lowest BCUT2D eigenvalue weighted by molar-refractivity contribution is 0.398. The van der Waals surface area contributed by atoms with Gasteiger partial charge in [-0.15, -0.1) is 11.3 Å². The van der Waals surface area contributed by atoms with Crippen LogP contribution in [0.5, 0.6) is 17.2 Å². The van der Waals surface area contributed by atoms with Gasteiger partial charge in [-0.05, 0) is 38.1 Å². The molecule has 0 saturated carbocycles. The van der Waals surface area contributed by atoms with E-state index in [9.17, 15) is 24.9 Å². The molecular weight excluding hydrogens is 450 g/mol. The number of phenols is 2. The van der Waals surface area contributed by atoms with Crippen LogP contribution in [-0.2, 0) is 0 Å². The second-order valence-corrected chi connectivity index (χ2v) is 8.14. The summed E-state index contributed by atoms with van der Waals surface area (Å²) >= 11 is 1.15. The molecule has 0 bridgehead atoms. The van der Waals surface area contributed by atoms with Gasteiger partial charge in [-0.25, -0.2) is 19.3 Å². The fraction of sp³-hybridized carbons (Fsp3) is 0.0909. The van der Waals surface area contributed by atoms with Crippen LogP contribution in [0.25, 0.3) is 38.6 Å². The predicted octanol–water partition coefficient (Wildman–Crippen LogP) is 3.46. The number of nitrogens with zero attached hydrogens (tertiary/aromatic N) is 3. The van der Waals surface area contributed by atoms with Gasteiger partial charge in [0.2, 0.25) is 10.9 Å². The summed E-state index contributed by atoms with van der Waals surface area (Å²) in [6, 6.07) is 7.30. The van der Waals surface area contributed by atoms with Gasteiger partial charge < -0.3 is 24.2 Å². The van der Waals surface area contributed by atoms with Crippen molar-refractivity contribution in [1.29, 1.82) is 0 Å². The molecule has 0 aliphatic carbocycles. The SMILES string of the molecule is Cc1cc(-c2cc3ccc(O)c(O)c3oc2=O)n(-c2nc(-c3c(O)cc(C)oc3=O)cs2)n1. The van der Waals surface area contributed by atoms with E-state index in [1.54, 1.807) is 25.3 Å². The van der Waals surface area contributed by atoms with Crippen molar-refractivity contribution in [2.75, 3.05) is 0 Å². The number of aromatic nitrogens is 3. The molecule has 0 atom stereocenters. The Labute approximate surface area is 188 Å². The van der Waals surface area contributed by atoms with Gasteiger partial charge in [0.15, 0.2) is 11.3 Å². The molecule has 10 nitrogen and oxygen atoms in total. The van der Waals surface area contributed by atoms with Crippen molar-refractivity contribution in [1.82, 2.24) is 14.8 Å². The molecule has 1 aromatic carbocycles. The quantitative estimate of drug-likeness (QED) is 0.269. The molecular formula is C22H15N3O7S. The average molecular weight is 465 g/mol. The molecule has 3 N–H and O–H groups in total. The third-order valence-electron chi connectivity index (χ3n) is 4.95. The highest BCUT2D eigenvalue weighted by molar-refractivity contribution is 7.12. The van der Waals surface area contributed by atoms with Crippen LogP contribution in [0, 0.1) is 13.8 Å². The Hall–Kier alpha value is -4.38. The van der Waals surface area contributed by atoms with Crippen LogP contribution in [0.4, 0.5) is 0 Å². The van der Waals surface area contributed by atoms with E-state index >= 15 is 0 Å². The van der Waals surface area contributed by atoms with Gasteiger partial charge in [0.1, 0.15) is 17.1 Å². The van der Waals surface area contributed by atoms with Gasteiger partial charge in [-0.2, -0.15) is 5.10 Å². The Morgan fingerprint density at radius 2 is 1.76 bits per heavy atom. The highest BCUT2D eigenvalue weighted by Crippen LogP contribution is 2.35. The van der Waals surface area contributed by atoms with E-state index < -0.39 is 22.8 Å². The Balaban J connectivity index is 1.67. The first-order valence-electron chi connectivity index (χ1n) is 9.58. The summed E-state index contributed by atoms with van der Waals surface area (Å²) in [4.78, 5) is 29.4. The molecule has 0 amide bonds. The topological polar surface area (TPSA) is 152 Å². The fourth-order valence-electron chi connectivity index (χ4n) is 3.48. The molecule has 0 saturated heterocycles. The second-order valence-electron chi connectivity index (χ2n) is 7.30. The molecule has 0 spiro atoms. The summed E-state index contributed by atoms with van der Waals surface area (Å²) in [6.45, 7) is 3.29. The lowest BCUT2D eigenvalue weighted by Gasteiger charge is -2.06. The number of aryl methyl sites for hydroxylation is 2. The molecule has 0 unspecified atom stereocenters. The molecule has 0 radical (unpaired) electrons. The number of aromatic hydroxyl groups is 3. The molecule has 5 rings (SSSR count). The van der Waals surface area contributed by atoms with Crippen LogP contribution < -0.4 is 11.3 Å².